The molecule has 0 radical (unpaired) electrons. The van der Waals surface area contributed by atoms with Crippen molar-refractivity contribution in [1.29, 1.82) is 0 Å². The van der Waals surface area contributed by atoms with E-state index >= 15 is 0 Å². The number of aliphatic hydroxyl groups excluding tert-OH is 1. The molecular formula is C41H56N4O11. The fourth-order valence-corrected chi connectivity index (χ4v) is 8.44. The summed E-state index contributed by atoms with van der Waals surface area (Å²) in [5.41, 5.74) is -1.54. The molecule has 5 heterocycles. The number of cyclic esters (lactones) is 1. The van der Waals surface area contributed by atoms with Crippen molar-refractivity contribution >= 4 is 23.6 Å². The average Bonchev–Trinajstić information content (AvgIpc) is 3.77. The highest BCUT2D eigenvalue weighted by Crippen LogP contribution is 2.40. The zero-order valence-electron chi connectivity index (χ0n) is 33.9. The van der Waals surface area contributed by atoms with Crippen LogP contribution in [0.5, 0.6) is 0 Å². The molecule has 15 heteroatoms. The van der Waals surface area contributed by atoms with Crippen LogP contribution in [0.1, 0.15) is 80.4 Å². The minimum absolute atomic E-state index is 0.0252. The van der Waals surface area contributed by atoms with Crippen molar-refractivity contribution in [3.63, 3.8) is 0 Å². The van der Waals surface area contributed by atoms with Gasteiger partial charge in [0.1, 0.15) is 36.2 Å². The molecule has 15 nitrogen and oxygen atoms in total. The van der Waals surface area contributed by atoms with E-state index in [9.17, 15) is 24.3 Å². The second-order valence-electron chi connectivity index (χ2n) is 16.1. The monoisotopic (exact) mass is 780 g/mol. The molecule has 0 spiro atoms. The first-order valence-electron chi connectivity index (χ1n) is 19.3. The van der Waals surface area contributed by atoms with Gasteiger partial charge in [0.25, 0.3) is 0 Å². The van der Waals surface area contributed by atoms with E-state index in [1.54, 1.807) is 66.1 Å². The van der Waals surface area contributed by atoms with Crippen molar-refractivity contribution in [1.82, 2.24) is 20.4 Å². The predicted molar refractivity (Wildman–Crippen MR) is 202 cm³/mol. The molecule has 3 aliphatic rings. The number of rotatable bonds is 7. The third-order valence-corrected chi connectivity index (χ3v) is 11.6. The molecule has 1 amide bonds. The number of hydrogen-bond donors (Lipinski definition) is 2. The number of alkyl carbamates (subject to hydrolysis) is 1. The Labute approximate surface area is 328 Å². The maximum absolute atomic E-state index is 14.4. The van der Waals surface area contributed by atoms with E-state index in [0.29, 0.717) is 12.1 Å². The van der Waals surface area contributed by atoms with E-state index in [1.165, 1.54) is 6.92 Å². The number of ketones is 2. The summed E-state index contributed by atoms with van der Waals surface area (Å²) in [5.74, 6) is 0.773. The normalized spacial score (nSPS) is 37.1. The van der Waals surface area contributed by atoms with Crippen LogP contribution in [0, 0.1) is 35.5 Å². The first-order valence-corrected chi connectivity index (χ1v) is 19.3. The van der Waals surface area contributed by atoms with Crippen molar-refractivity contribution in [2.75, 3.05) is 20.7 Å². The molecule has 13 atom stereocenters. The highest BCUT2D eigenvalue weighted by atomic mass is 16.7. The zero-order chi connectivity index (χ0) is 41.1. The average molecular weight is 781 g/mol. The number of hydrogen-bond acceptors (Lipinski definition) is 14. The number of nitrogens with one attached hydrogen (secondary N) is 1. The molecule has 3 saturated heterocycles. The molecule has 2 aromatic heterocycles. The lowest BCUT2D eigenvalue weighted by Crippen LogP contribution is -2.60. The Balaban J connectivity index is 1.55. The number of likely N-dealkylation sites (N-methyl/N-ethyl adjacent to an activating group) is 1. The Morgan fingerprint density at radius 1 is 1.07 bits per heavy atom. The van der Waals surface area contributed by atoms with Crippen molar-refractivity contribution in [3.8, 4) is 23.1 Å². The molecule has 0 aliphatic carbocycles. The number of aliphatic hydroxyl groups is 1. The van der Waals surface area contributed by atoms with Crippen LogP contribution in [0.2, 0.25) is 0 Å². The van der Waals surface area contributed by atoms with Crippen LogP contribution in [0.15, 0.2) is 35.1 Å². The van der Waals surface area contributed by atoms with Crippen molar-refractivity contribution in [2.45, 2.75) is 129 Å². The van der Waals surface area contributed by atoms with Gasteiger partial charge in [0.15, 0.2) is 17.7 Å². The number of carbonyl (C=O) groups excluding carboxylic acids is 4. The number of esters is 1. The third kappa shape index (κ3) is 9.00. The van der Waals surface area contributed by atoms with Crippen molar-refractivity contribution in [3.05, 3.63) is 36.4 Å². The molecule has 3 aliphatic heterocycles. The number of nitrogens with zero attached hydrogens (tertiary/aromatic N) is 3. The summed E-state index contributed by atoms with van der Waals surface area (Å²) in [6.07, 6.45) is -1.36. The smallest absolute Gasteiger partial charge is 0.408 e. The maximum Gasteiger partial charge on any atom is 0.408 e. The molecule has 56 heavy (non-hydrogen) atoms. The van der Waals surface area contributed by atoms with Gasteiger partial charge >= 0.3 is 12.1 Å². The van der Waals surface area contributed by atoms with Crippen LogP contribution in [-0.4, -0.2) is 118 Å². The fourth-order valence-electron chi connectivity index (χ4n) is 8.44. The first-order chi connectivity index (χ1) is 26.4. The van der Waals surface area contributed by atoms with Gasteiger partial charge in [-0.05, 0) is 79.1 Å². The molecule has 0 saturated carbocycles. The predicted octanol–water partition coefficient (Wildman–Crippen LogP) is 3.95. The summed E-state index contributed by atoms with van der Waals surface area (Å²) in [6, 6.07) is 4.12. The lowest BCUT2D eigenvalue weighted by atomic mass is 9.73. The van der Waals surface area contributed by atoms with E-state index < -0.39 is 83.4 Å². The van der Waals surface area contributed by atoms with Gasteiger partial charge in [0.2, 0.25) is 5.76 Å². The Bertz CT molecular complexity index is 1790. The standard InChI is InChI=1S/C41H56N4O11/c1-11-31-41(8)35(43-39(50)55-41)24(4)32(46)22(2)20-40(7,51-17-13-15-28-19-29(44-56-28)27-14-12-16-42-21-27)36(25(5)33(47)26(6)37(49)53-31)54-38-34(48)30(45(9)10)18-23(3)52-38/h12,14,16,19,21-26,30-31,34-36,38,48H,11,17-18,20H2,1-10H3,(H,43,50)/t22-,23-,24+,25+,26-,30+,31-,34-,35-,36-,38+,40+,41-/m1/s1. The van der Waals surface area contributed by atoms with Gasteiger partial charge in [-0.25, -0.2) is 4.79 Å². The topological polar surface area (TPSA) is 189 Å². The van der Waals surface area contributed by atoms with Gasteiger partial charge in [-0.2, -0.15) is 0 Å². The van der Waals surface area contributed by atoms with E-state index in [-0.39, 0.29) is 43.1 Å². The second kappa shape index (κ2) is 17.5. The van der Waals surface area contributed by atoms with Gasteiger partial charge in [-0.15, -0.1) is 0 Å². The largest absolute Gasteiger partial charge is 0.458 e. The minimum atomic E-state index is -1.45. The van der Waals surface area contributed by atoms with Crippen LogP contribution in [0.25, 0.3) is 11.3 Å². The molecule has 3 fully saturated rings. The summed E-state index contributed by atoms with van der Waals surface area (Å²) < 4.78 is 36.6. The molecule has 0 aromatic carbocycles. The number of fused-ring (bicyclic) bond motifs is 1. The van der Waals surface area contributed by atoms with E-state index in [1.807, 2.05) is 32.0 Å². The summed E-state index contributed by atoms with van der Waals surface area (Å²) in [6.45, 7) is 13.3. The van der Waals surface area contributed by atoms with Gasteiger partial charge < -0.3 is 43.5 Å². The summed E-state index contributed by atoms with van der Waals surface area (Å²) in [7, 11) is 3.70. The van der Waals surface area contributed by atoms with Crippen LogP contribution < -0.4 is 5.32 Å². The van der Waals surface area contributed by atoms with Crippen LogP contribution in [0.3, 0.4) is 0 Å². The number of ether oxygens (including phenoxy) is 5. The molecule has 2 N–H and O–H groups in total. The van der Waals surface area contributed by atoms with Gasteiger partial charge in [-0.3, -0.25) is 19.4 Å². The van der Waals surface area contributed by atoms with Crippen molar-refractivity contribution < 1.29 is 52.5 Å². The van der Waals surface area contributed by atoms with Crippen LogP contribution in [-0.2, 0) is 38.1 Å². The Hall–Kier alpha value is -4.20. The minimum Gasteiger partial charge on any atom is -0.458 e. The molecule has 5 rings (SSSR count). The lowest BCUT2D eigenvalue weighted by Gasteiger charge is -2.47. The van der Waals surface area contributed by atoms with E-state index in [2.05, 4.69) is 27.3 Å². The number of pyridine rings is 1. The quantitative estimate of drug-likeness (QED) is 0.234. The van der Waals surface area contributed by atoms with Gasteiger partial charge in [0, 0.05) is 47.8 Å². The number of amides is 1. The molecule has 2 aromatic rings. The Kier molecular flexibility index (Phi) is 13.4. The van der Waals surface area contributed by atoms with Gasteiger partial charge in [0.05, 0.1) is 23.9 Å². The highest BCUT2D eigenvalue weighted by molar-refractivity contribution is 6.00. The highest BCUT2D eigenvalue weighted by Gasteiger charge is 2.57. The summed E-state index contributed by atoms with van der Waals surface area (Å²) in [5, 5.41) is 18.4. The fraction of sp³-hybridized carbons (Fsp3) is 0.659. The third-order valence-electron chi connectivity index (χ3n) is 11.6. The summed E-state index contributed by atoms with van der Waals surface area (Å²) >= 11 is 0. The van der Waals surface area contributed by atoms with Crippen LogP contribution >= 0.6 is 0 Å². The maximum atomic E-state index is 14.4. The van der Waals surface area contributed by atoms with Gasteiger partial charge in [-0.1, -0.05) is 38.8 Å². The molecule has 0 unspecified atom stereocenters. The Morgan fingerprint density at radius 2 is 1.80 bits per heavy atom. The number of Topliss-reactive ketones (excluding diaryl/α,β-unsaturated/α-hetero) is 2. The second-order valence-corrected chi connectivity index (χ2v) is 16.1. The zero-order valence-corrected chi connectivity index (χ0v) is 33.9. The number of carbonyl (C=O) groups is 4. The molecular weight excluding hydrogens is 724 g/mol. The first kappa shape index (κ1) is 42.9. The SMILES string of the molecule is CC[C@H]1OC(=O)[C@H](C)C(=O)[C@H](C)[C@@H](O[C@@H]2O[C@H](C)C[C@H](N(C)C)[C@H]2O)[C@@](C)(OCC#Cc2cc(-c3cccnc3)no2)C[C@@H](C)C(=O)[C@H](C)[C@H]2NC(=O)O[C@@]21C. The van der Waals surface area contributed by atoms with E-state index in [0.717, 1.165) is 5.56 Å². The Morgan fingerprint density at radius 3 is 2.46 bits per heavy atom. The number of aromatic nitrogens is 2. The van der Waals surface area contributed by atoms with Crippen molar-refractivity contribution in [2.24, 2.45) is 23.7 Å². The molecule has 0 bridgehead atoms. The van der Waals surface area contributed by atoms with Crippen LogP contribution in [0.4, 0.5) is 4.79 Å². The summed E-state index contributed by atoms with van der Waals surface area (Å²) in [4.78, 5) is 61.3. The van der Waals surface area contributed by atoms with E-state index in [4.69, 9.17) is 28.2 Å². The lowest BCUT2D eigenvalue weighted by molar-refractivity contribution is -0.296. The molecule has 306 valence electrons.